The molecule has 116 valence electrons. The number of carbonyl (C=O) groups excluding carboxylic acids is 1. The first-order chi connectivity index (χ1) is 10.0. The topological polar surface area (TPSA) is 20.3 Å². The molecular weight excluding hydrogens is 265 g/mol. The lowest BCUT2D eigenvalue weighted by Gasteiger charge is -2.18. The number of allylic oxidation sites excluding steroid dienone is 1. The van der Waals surface area contributed by atoms with Crippen molar-refractivity contribution >= 4 is 11.9 Å². The number of ketones is 1. The molecule has 0 amide bonds. The summed E-state index contributed by atoms with van der Waals surface area (Å²) in [6, 6.07) is 6.17. The fraction of sp³-hybridized carbons (Fsp3) is 0.500. The Morgan fingerprint density at radius 2 is 1.90 bits per heavy atom. The van der Waals surface area contributed by atoms with Gasteiger partial charge in [-0.25, -0.2) is 4.39 Å². The first kappa shape index (κ1) is 17.6. The van der Waals surface area contributed by atoms with E-state index in [-0.39, 0.29) is 17.5 Å². The van der Waals surface area contributed by atoms with Crippen LogP contribution >= 0.6 is 0 Å². The average Bonchev–Trinajstić information content (AvgIpc) is 2.45. The van der Waals surface area contributed by atoms with Gasteiger partial charge in [0, 0.05) is 12.5 Å². The highest BCUT2D eigenvalue weighted by atomic mass is 19.1. The zero-order valence-corrected chi connectivity index (χ0v) is 13.3. The third-order valence-electron chi connectivity index (χ3n) is 3.45. The summed E-state index contributed by atoms with van der Waals surface area (Å²) in [5.74, 6) is -0.0593. The highest BCUT2D eigenvalue weighted by Crippen LogP contribution is 2.14. The number of carbonyl (C=O) groups is 1. The lowest BCUT2D eigenvalue weighted by Crippen LogP contribution is -2.27. The summed E-state index contributed by atoms with van der Waals surface area (Å²) in [7, 11) is 3.98. The van der Waals surface area contributed by atoms with Crippen molar-refractivity contribution < 1.29 is 9.18 Å². The number of rotatable bonds is 9. The second kappa shape index (κ2) is 9.46. The summed E-state index contributed by atoms with van der Waals surface area (Å²) < 4.78 is 12.8. The molecule has 1 aromatic rings. The monoisotopic (exact) mass is 291 g/mol. The van der Waals surface area contributed by atoms with E-state index < -0.39 is 0 Å². The van der Waals surface area contributed by atoms with Gasteiger partial charge >= 0.3 is 0 Å². The number of unbranched alkanes of at least 4 members (excludes halogenated alkanes) is 2. The number of hydrogen-bond acceptors (Lipinski definition) is 2. The molecule has 0 N–H and O–H groups in total. The predicted octanol–water partition coefficient (Wildman–Crippen LogP) is 4.17. The Hall–Kier alpha value is -1.48. The van der Waals surface area contributed by atoms with Crippen LogP contribution in [-0.2, 0) is 4.79 Å². The number of benzene rings is 1. The molecule has 1 atom stereocenters. The van der Waals surface area contributed by atoms with E-state index in [1.54, 1.807) is 24.3 Å². The van der Waals surface area contributed by atoms with Gasteiger partial charge in [0.15, 0.2) is 5.78 Å². The van der Waals surface area contributed by atoms with E-state index in [1.807, 2.05) is 14.1 Å². The highest BCUT2D eigenvalue weighted by Gasteiger charge is 2.16. The fourth-order valence-corrected chi connectivity index (χ4v) is 2.29. The van der Waals surface area contributed by atoms with Crippen molar-refractivity contribution in [1.29, 1.82) is 0 Å². The third kappa shape index (κ3) is 7.19. The molecule has 0 radical (unpaired) electrons. The van der Waals surface area contributed by atoms with Gasteiger partial charge in [-0.15, -0.1) is 0 Å². The SMILES string of the molecule is CCCCCC(CN(C)C)C(=O)C=Cc1ccc(F)cc1. The van der Waals surface area contributed by atoms with Gasteiger partial charge in [-0.2, -0.15) is 0 Å². The summed E-state index contributed by atoms with van der Waals surface area (Å²) >= 11 is 0. The summed E-state index contributed by atoms with van der Waals surface area (Å²) in [5, 5.41) is 0. The summed E-state index contributed by atoms with van der Waals surface area (Å²) in [4.78, 5) is 14.4. The summed E-state index contributed by atoms with van der Waals surface area (Å²) in [5.41, 5.74) is 0.849. The molecule has 1 rings (SSSR count). The van der Waals surface area contributed by atoms with E-state index in [0.29, 0.717) is 0 Å². The van der Waals surface area contributed by atoms with Crippen LogP contribution in [-0.4, -0.2) is 31.3 Å². The zero-order chi connectivity index (χ0) is 15.7. The number of hydrogen-bond donors (Lipinski definition) is 0. The minimum Gasteiger partial charge on any atom is -0.309 e. The van der Waals surface area contributed by atoms with Crippen LogP contribution in [0.3, 0.4) is 0 Å². The molecule has 0 spiro atoms. The van der Waals surface area contributed by atoms with E-state index in [2.05, 4.69) is 11.8 Å². The quantitative estimate of drug-likeness (QED) is 0.503. The van der Waals surface area contributed by atoms with Crippen molar-refractivity contribution in [3.8, 4) is 0 Å². The molecule has 0 fully saturated rings. The van der Waals surface area contributed by atoms with Gasteiger partial charge in [-0.3, -0.25) is 4.79 Å². The van der Waals surface area contributed by atoms with E-state index in [1.165, 1.54) is 18.6 Å². The van der Waals surface area contributed by atoms with Gasteiger partial charge in [0.25, 0.3) is 0 Å². The normalized spacial score (nSPS) is 13.0. The van der Waals surface area contributed by atoms with Crippen molar-refractivity contribution in [3.63, 3.8) is 0 Å². The third-order valence-corrected chi connectivity index (χ3v) is 3.45. The van der Waals surface area contributed by atoms with E-state index in [0.717, 1.165) is 31.4 Å². The van der Waals surface area contributed by atoms with Crippen LogP contribution in [0.2, 0.25) is 0 Å². The van der Waals surface area contributed by atoms with E-state index >= 15 is 0 Å². The van der Waals surface area contributed by atoms with Crippen LogP contribution in [0.1, 0.15) is 38.2 Å². The molecule has 0 bridgehead atoms. The fourth-order valence-electron chi connectivity index (χ4n) is 2.29. The molecule has 0 aliphatic rings. The molecule has 2 nitrogen and oxygen atoms in total. The lowest BCUT2D eigenvalue weighted by atomic mass is 9.95. The molecule has 21 heavy (non-hydrogen) atoms. The molecule has 0 aromatic heterocycles. The van der Waals surface area contributed by atoms with E-state index in [9.17, 15) is 9.18 Å². The maximum Gasteiger partial charge on any atom is 0.160 e. The lowest BCUT2D eigenvalue weighted by molar-refractivity contribution is -0.118. The average molecular weight is 291 g/mol. The first-order valence-corrected chi connectivity index (χ1v) is 7.65. The van der Waals surface area contributed by atoms with Crippen LogP contribution in [0.5, 0.6) is 0 Å². The van der Waals surface area contributed by atoms with Crippen molar-refractivity contribution in [1.82, 2.24) is 4.90 Å². The van der Waals surface area contributed by atoms with Crippen molar-refractivity contribution in [3.05, 3.63) is 41.7 Å². The standard InChI is InChI=1S/C18H26FNO/c1-4-5-6-7-16(14-20(2)3)18(21)13-10-15-8-11-17(19)12-9-15/h8-13,16H,4-7,14H2,1-3H3. The molecule has 0 saturated carbocycles. The Labute approximate surface area is 127 Å². The molecule has 3 heteroatoms. The van der Waals surface area contributed by atoms with Crippen molar-refractivity contribution in [2.24, 2.45) is 5.92 Å². The Morgan fingerprint density at radius 3 is 2.48 bits per heavy atom. The highest BCUT2D eigenvalue weighted by molar-refractivity contribution is 5.95. The van der Waals surface area contributed by atoms with Crippen LogP contribution < -0.4 is 0 Å². The van der Waals surface area contributed by atoms with Gasteiger partial charge in [-0.05, 0) is 44.3 Å². The molecule has 0 aliphatic carbocycles. The summed E-state index contributed by atoms with van der Waals surface area (Å²) in [6.45, 7) is 2.94. The first-order valence-electron chi connectivity index (χ1n) is 7.65. The second-order valence-electron chi connectivity index (χ2n) is 5.74. The summed E-state index contributed by atoms with van der Waals surface area (Å²) in [6.07, 6.45) is 7.74. The molecule has 0 heterocycles. The smallest absolute Gasteiger partial charge is 0.160 e. The van der Waals surface area contributed by atoms with Gasteiger partial charge in [-0.1, -0.05) is 44.4 Å². The minimum atomic E-state index is -0.261. The van der Waals surface area contributed by atoms with Crippen LogP contribution in [0.15, 0.2) is 30.3 Å². The molecule has 1 unspecified atom stereocenters. The molecular formula is C18H26FNO. The van der Waals surface area contributed by atoms with Crippen molar-refractivity contribution in [2.45, 2.75) is 32.6 Å². The van der Waals surface area contributed by atoms with Gasteiger partial charge < -0.3 is 4.90 Å². The Balaban J connectivity index is 2.63. The molecule has 1 aromatic carbocycles. The molecule has 0 aliphatic heterocycles. The van der Waals surface area contributed by atoms with E-state index in [4.69, 9.17) is 0 Å². The predicted molar refractivity (Wildman–Crippen MR) is 86.6 cm³/mol. The Kier molecular flexibility index (Phi) is 7.91. The van der Waals surface area contributed by atoms with Crippen LogP contribution in [0, 0.1) is 11.7 Å². The van der Waals surface area contributed by atoms with Gasteiger partial charge in [0.2, 0.25) is 0 Å². The Morgan fingerprint density at radius 1 is 1.24 bits per heavy atom. The van der Waals surface area contributed by atoms with Crippen molar-refractivity contribution in [2.75, 3.05) is 20.6 Å². The minimum absolute atomic E-state index is 0.0447. The molecule has 0 saturated heterocycles. The largest absolute Gasteiger partial charge is 0.309 e. The number of nitrogens with zero attached hydrogens (tertiary/aromatic N) is 1. The Bertz CT molecular complexity index is 451. The van der Waals surface area contributed by atoms with Crippen LogP contribution in [0.25, 0.3) is 6.08 Å². The van der Waals surface area contributed by atoms with Gasteiger partial charge in [0.05, 0.1) is 0 Å². The van der Waals surface area contributed by atoms with Crippen LogP contribution in [0.4, 0.5) is 4.39 Å². The number of halogens is 1. The maximum atomic E-state index is 12.8. The zero-order valence-electron chi connectivity index (χ0n) is 13.3. The van der Waals surface area contributed by atoms with Gasteiger partial charge in [0.1, 0.15) is 5.82 Å². The second-order valence-corrected chi connectivity index (χ2v) is 5.74. The maximum absolute atomic E-state index is 12.8.